The summed E-state index contributed by atoms with van der Waals surface area (Å²) in [5.41, 5.74) is 1.34. The van der Waals surface area contributed by atoms with Crippen molar-refractivity contribution in [1.82, 2.24) is 5.32 Å². The Bertz CT molecular complexity index is 275. The lowest BCUT2D eigenvalue weighted by atomic mass is 10.2. The first-order valence-corrected chi connectivity index (χ1v) is 6.26. The van der Waals surface area contributed by atoms with E-state index < -0.39 is 0 Å². The van der Waals surface area contributed by atoms with E-state index in [4.69, 9.17) is 0 Å². The summed E-state index contributed by atoms with van der Waals surface area (Å²) >= 11 is 1.96. The average Bonchev–Trinajstić information content (AvgIpc) is 2.70. The summed E-state index contributed by atoms with van der Waals surface area (Å²) in [4.78, 5) is 1.39. The lowest BCUT2D eigenvalue weighted by Crippen LogP contribution is -2.23. The van der Waals surface area contributed by atoms with Crippen LogP contribution in [0.1, 0.15) is 18.4 Å². The van der Waals surface area contributed by atoms with Crippen LogP contribution in [0.3, 0.4) is 0 Å². The maximum absolute atomic E-state index is 3.52. The number of thioether (sulfide) groups is 1. The molecule has 0 amide bonds. The number of nitrogens with one attached hydrogen (secondary N) is 1. The van der Waals surface area contributed by atoms with Crippen molar-refractivity contribution in [3.05, 3.63) is 29.8 Å². The van der Waals surface area contributed by atoms with Gasteiger partial charge in [-0.25, -0.2) is 0 Å². The second-order valence-electron chi connectivity index (χ2n) is 3.92. The molecule has 0 saturated carbocycles. The molecule has 14 heavy (non-hydrogen) atoms. The average molecular weight is 207 g/mol. The molecule has 1 N–H and O–H groups in total. The van der Waals surface area contributed by atoms with Gasteiger partial charge < -0.3 is 5.32 Å². The SMILES string of the molecule is Cc1ccc(SCC2CCCN2)cc1. The molecule has 0 spiro atoms. The van der Waals surface area contributed by atoms with Gasteiger partial charge in [0.15, 0.2) is 0 Å². The first-order valence-electron chi connectivity index (χ1n) is 5.27. The van der Waals surface area contributed by atoms with E-state index in [1.165, 1.54) is 35.6 Å². The summed E-state index contributed by atoms with van der Waals surface area (Å²) < 4.78 is 0. The van der Waals surface area contributed by atoms with Crippen LogP contribution >= 0.6 is 11.8 Å². The van der Waals surface area contributed by atoms with Crippen LogP contribution in [-0.4, -0.2) is 18.3 Å². The van der Waals surface area contributed by atoms with E-state index in [0.717, 1.165) is 6.04 Å². The normalized spacial score (nSPS) is 21.4. The zero-order valence-electron chi connectivity index (χ0n) is 8.62. The highest BCUT2D eigenvalue weighted by molar-refractivity contribution is 7.99. The third kappa shape index (κ3) is 2.76. The summed E-state index contributed by atoms with van der Waals surface area (Å²) in [6.07, 6.45) is 2.69. The largest absolute Gasteiger partial charge is 0.313 e. The molecule has 1 aromatic carbocycles. The molecule has 1 aliphatic heterocycles. The topological polar surface area (TPSA) is 12.0 Å². The molecule has 1 aliphatic rings. The van der Waals surface area contributed by atoms with Gasteiger partial charge in [0.25, 0.3) is 0 Å². The molecule has 0 aliphatic carbocycles. The smallest absolute Gasteiger partial charge is 0.0162 e. The van der Waals surface area contributed by atoms with Crippen molar-refractivity contribution in [1.29, 1.82) is 0 Å². The van der Waals surface area contributed by atoms with E-state index >= 15 is 0 Å². The lowest BCUT2D eigenvalue weighted by Gasteiger charge is -2.09. The zero-order chi connectivity index (χ0) is 9.80. The fraction of sp³-hybridized carbons (Fsp3) is 0.500. The van der Waals surface area contributed by atoms with E-state index in [2.05, 4.69) is 36.5 Å². The molecule has 2 heteroatoms. The number of hydrogen-bond donors (Lipinski definition) is 1. The molecule has 0 aromatic heterocycles. The van der Waals surface area contributed by atoms with Gasteiger partial charge >= 0.3 is 0 Å². The fourth-order valence-corrected chi connectivity index (χ4v) is 2.74. The van der Waals surface area contributed by atoms with E-state index in [1.54, 1.807) is 0 Å². The van der Waals surface area contributed by atoms with Gasteiger partial charge in [0.05, 0.1) is 0 Å². The van der Waals surface area contributed by atoms with Crippen LogP contribution in [0.15, 0.2) is 29.2 Å². The van der Waals surface area contributed by atoms with Gasteiger partial charge in [-0.15, -0.1) is 11.8 Å². The van der Waals surface area contributed by atoms with Gasteiger partial charge in [0, 0.05) is 16.7 Å². The van der Waals surface area contributed by atoms with E-state index in [9.17, 15) is 0 Å². The Morgan fingerprint density at radius 3 is 2.79 bits per heavy atom. The molecule has 76 valence electrons. The van der Waals surface area contributed by atoms with Gasteiger partial charge in [-0.3, -0.25) is 0 Å². The molecular weight excluding hydrogens is 190 g/mol. The van der Waals surface area contributed by atoms with Gasteiger partial charge in [0.2, 0.25) is 0 Å². The number of benzene rings is 1. The molecule has 0 radical (unpaired) electrons. The summed E-state index contributed by atoms with van der Waals surface area (Å²) in [5.74, 6) is 1.21. The molecule has 1 heterocycles. The second kappa shape index (κ2) is 4.85. The molecule has 1 atom stereocenters. The third-order valence-corrected chi connectivity index (χ3v) is 3.81. The Morgan fingerprint density at radius 2 is 2.14 bits per heavy atom. The van der Waals surface area contributed by atoms with Crippen LogP contribution < -0.4 is 5.32 Å². The predicted octanol–water partition coefficient (Wildman–Crippen LogP) is 2.84. The van der Waals surface area contributed by atoms with Gasteiger partial charge in [0.1, 0.15) is 0 Å². The molecule has 0 bridgehead atoms. The van der Waals surface area contributed by atoms with Crippen LogP contribution in [0, 0.1) is 6.92 Å². The van der Waals surface area contributed by atoms with Gasteiger partial charge in [-0.1, -0.05) is 17.7 Å². The van der Waals surface area contributed by atoms with Crippen molar-refractivity contribution in [2.75, 3.05) is 12.3 Å². The molecule has 1 aromatic rings. The van der Waals surface area contributed by atoms with Crippen LogP contribution in [0.4, 0.5) is 0 Å². The molecule has 1 saturated heterocycles. The molecular formula is C12H17NS. The van der Waals surface area contributed by atoms with Gasteiger partial charge in [-0.2, -0.15) is 0 Å². The quantitative estimate of drug-likeness (QED) is 0.765. The van der Waals surface area contributed by atoms with Crippen molar-refractivity contribution in [3.63, 3.8) is 0 Å². The highest BCUT2D eigenvalue weighted by atomic mass is 32.2. The highest BCUT2D eigenvalue weighted by Crippen LogP contribution is 2.21. The van der Waals surface area contributed by atoms with Crippen LogP contribution in [0.2, 0.25) is 0 Å². The van der Waals surface area contributed by atoms with Crippen LogP contribution in [0.25, 0.3) is 0 Å². The number of rotatable bonds is 3. The van der Waals surface area contributed by atoms with Crippen molar-refractivity contribution >= 4 is 11.8 Å². The summed E-state index contributed by atoms with van der Waals surface area (Å²) in [6, 6.07) is 9.54. The zero-order valence-corrected chi connectivity index (χ0v) is 9.44. The molecule has 2 rings (SSSR count). The third-order valence-electron chi connectivity index (χ3n) is 2.63. The monoisotopic (exact) mass is 207 g/mol. The van der Waals surface area contributed by atoms with E-state index in [-0.39, 0.29) is 0 Å². The Balaban J connectivity index is 1.82. The summed E-state index contributed by atoms with van der Waals surface area (Å²) in [5, 5.41) is 3.52. The summed E-state index contributed by atoms with van der Waals surface area (Å²) in [7, 11) is 0. The molecule has 1 nitrogen and oxygen atoms in total. The Morgan fingerprint density at radius 1 is 1.36 bits per heavy atom. The maximum Gasteiger partial charge on any atom is 0.0162 e. The van der Waals surface area contributed by atoms with E-state index in [1.807, 2.05) is 11.8 Å². The van der Waals surface area contributed by atoms with Crippen molar-refractivity contribution in [2.45, 2.75) is 30.7 Å². The van der Waals surface area contributed by atoms with Crippen molar-refractivity contribution in [3.8, 4) is 0 Å². The number of hydrogen-bond acceptors (Lipinski definition) is 2. The van der Waals surface area contributed by atoms with Crippen LogP contribution in [0.5, 0.6) is 0 Å². The standard InChI is InChI=1S/C12H17NS/c1-10-4-6-12(7-5-10)14-9-11-3-2-8-13-11/h4-7,11,13H,2-3,8-9H2,1H3. The number of aryl methyl sites for hydroxylation is 1. The minimum absolute atomic E-state index is 0.737. The first kappa shape index (κ1) is 10.1. The predicted molar refractivity (Wildman–Crippen MR) is 62.9 cm³/mol. The maximum atomic E-state index is 3.52. The molecule has 1 fully saturated rings. The Hall–Kier alpha value is -0.470. The Labute approximate surface area is 90.3 Å². The highest BCUT2D eigenvalue weighted by Gasteiger charge is 2.13. The Kier molecular flexibility index (Phi) is 3.49. The summed E-state index contributed by atoms with van der Waals surface area (Å²) in [6.45, 7) is 3.34. The van der Waals surface area contributed by atoms with Gasteiger partial charge in [-0.05, 0) is 38.4 Å². The second-order valence-corrected chi connectivity index (χ2v) is 5.01. The van der Waals surface area contributed by atoms with E-state index in [0.29, 0.717) is 0 Å². The fourth-order valence-electron chi connectivity index (χ4n) is 1.73. The first-order chi connectivity index (χ1) is 6.84. The minimum Gasteiger partial charge on any atom is -0.313 e. The minimum atomic E-state index is 0.737. The van der Waals surface area contributed by atoms with Crippen LogP contribution in [-0.2, 0) is 0 Å². The molecule has 1 unspecified atom stereocenters. The van der Waals surface area contributed by atoms with Crippen molar-refractivity contribution < 1.29 is 0 Å². The lowest BCUT2D eigenvalue weighted by molar-refractivity contribution is 0.674. The van der Waals surface area contributed by atoms with Crippen molar-refractivity contribution in [2.24, 2.45) is 0 Å².